The first-order chi connectivity index (χ1) is 10.7. The second kappa shape index (κ2) is 5.38. The maximum absolute atomic E-state index is 13.0. The van der Waals surface area contributed by atoms with Crippen LogP contribution in [0.15, 0.2) is 30.3 Å². The lowest BCUT2D eigenvalue weighted by atomic mass is 9.67. The molecule has 4 rings (SSSR count). The Bertz CT molecular complexity index is 544. The van der Waals surface area contributed by atoms with Crippen molar-refractivity contribution >= 4 is 5.91 Å². The van der Waals surface area contributed by atoms with Crippen LogP contribution in [-0.4, -0.2) is 48.4 Å². The van der Waals surface area contributed by atoms with E-state index < -0.39 is 0 Å². The maximum atomic E-state index is 13.0. The van der Waals surface area contributed by atoms with Gasteiger partial charge >= 0.3 is 0 Å². The third-order valence-electron chi connectivity index (χ3n) is 5.96. The van der Waals surface area contributed by atoms with Crippen molar-refractivity contribution in [3.8, 4) is 0 Å². The van der Waals surface area contributed by atoms with Crippen LogP contribution in [0.1, 0.15) is 43.6 Å². The summed E-state index contributed by atoms with van der Waals surface area (Å²) in [6.07, 6.45) is 5.95. The highest BCUT2D eigenvalue weighted by Gasteiger charge is 2.49. The first-order valence-corrected chi connectivity index (χ1v) is 8.71. The lowest BCUT2D eigenvalue weighted by molar-refractivity contribution is -0.142. The molecule has 1 saturated carbocycles. The number of likely N-dealkylation sites (tertiary alicyclic amines) is 2. The number of hydrogen-bond acceptors (Lipinski definition) is 2. The van der Waals surface area contributed by atoms with Crippen molar-refractivity contribution in [3.05, 3.63) is 35.9 Å². The largest absolute Gasteiger partial charge is 0.339 e. The first-order valence-electron chi connectivity index (χ1n) is 8.71. The van der Waals surface area contributed by atoms with E-state index in [2.05, 4.69) is 41.1 Å². The molecule has 1 aromatic carbocycles. The highest BCUT2D eigenvalue weighted by atomic mass is 16.2. The molecule has 3 nitrogen and oxygen atoms in total. The van der Waals surface area contributed by atoms with Crippen molar-refractivity contribution in [2.75, 3.05) is 26.7 Å². The molecule has 3 fully saturated rings. The number of rotatable bonds is 2. The summed E-state index contributed by atoms with van der Waals surface area (Å²) in [6, 6.07) is 11.0. The molecule has 0 unspecified atom stereocenters. The molecule has 1 aromatic rings. The Balaban J connectivity index is 1.64. The van der Waals surface area contributed by atoms with Gasteiger partial charge in [0.05, 0.1) is 5.92 Å². The predicted octanol–water partition coefficient (Wildman–Crippen LogP) is 2.88. The minimum Gasteiger partial charge on any atom is -0.339 e. The van der Waals surface area contributed by atoms with Gasteiger partial charge in [0.25, 0.3) is 0 Å². The standard InChI is InChI=1S/C19H26N2O/c1-20-11-9-19(10-12-20)13-17(15-5-3-2-4-6-15)18(22)21(14-19)16-7-8-16/h2-6,16-17H,7-14H2,1H3/t17-/m1/s1. The van der Waals surface area contributed by atoms with E-state index in [1.807, 2.05) is 6.07 Å². The molecule has 1 aliphatic carbocycles. The zero-order chi connectivity index (χ0) is 15.2. The number of carbonyl (C=O) groups is 1. The van der Waals surface area contributed by atoms with Crippen molar-refractivity contribution < 1.29 is 4.79 Å². The van der Waals surface area contributed by atoms with E-state index in [9.17, 15) is 4.79 Å². The van der Waals surface area contributed by atoms with E-state index in [-0.39, 0.29) is 5.92 Å². The number of hydrogen-bond donors (Lipinski definition) is 0. The summed E-state index contributed by atoms with van der Waals surface area (Å²) < 4.78 is 0. The summed E-state index contributed by atoms with van der Waals surface area (Å²) in [6.45, 7) is 3.36. The normalized spacial score (nSPS) is 29.0. The second-order valence-corrected chi connectivity index (χ2v) is 7.67. The monoisotopic (exact) mass is 298 g/mol. The molecular formula is C19H26N2O. The number of benzene rings is 1. The Kier molecular flexibility index (Phi) is 3.48. The average Bonchev–Trinajstić information content (AvgIpc) is 3.38. The maximum Gasteiger partial charge on any atom is 0.230 e. The van der Waals surface area contributed by atoms with Crippen molar-refractivity contribution in [3.63, 3.8) is 0 Å². The van der Waals surface area contributed by atoms with Crippen LogP contribution in [0.3, 0.4) is 0 Å². The van der Waals surface area contributed by atoms with Crippen LogP contribution in [-0.2, 0) is 4.79 Å². The van der Waals surface area contributed by atoms with Gasteiger partial charge in [0, 0.05) is 12.6 Å². The van der Waals surface area contributed by atoms with Gasteiger partial charge in [-0.1, -0.05) is 30.3 Å². The van der Waals surface area contributed by atoms with Gasteiger partial charge in [-0.2, -0.15) is 0 Å². The summed E-state index contributed by atoms with van der Waals surface area (Å²) in [4.78, 5) is 17.7. The van der Waals surface area contributed by atoms with Crippen molar-refractivity contribution in [1.29, 1.82) is 0 Å². The van der Waals surface area contributed by atoms with Gasteiger partial charge in [-0.3, -0.25) is 4.79 Å². The molecule has 0 radical (unpaired) electrons. The summed E-state index contributed by atoms with van der Waals surface area (Å²) in [7, 11) is 2.22. The SMILES string of the molecule is CN1CCC2(CC1)C[C@H](c1ccccc1)C(=O)N(C1CC1)C2. The van der Waals surface area contributed by atoms with Crippen LogP contribution < -0.4 is 0 Å². The third-order valence-corrected chi connectivity index (χ3v) is 5.96. The highest BCUT2D eigenvalue weighted by Crippen LogP contribution is 2.48. The van der Waals surface area contributed by atoms with Gasteiger partial charge in [-0.15, -0.1) is 0 Å². The molecule has 2 aliphatic heterocycles. The molecule has 0 N–H and O–H groups in total. The van der Waals surface area contributed by atoms with Crippen molar-refractivity contribution in [2.45, 2.75) is 44.1 Å². The zero-order valence-electron chi connectivity index (χ0n) is 13.5. The second-order valence-electron chi connectivity index (χ2n) is 7.67. The van der Waals surface area contributed by atoms with E-state index in [0.29, 0.717) is 17.4 Å². The van der Waals surface area contributed by atoms with E-state index in [0.717, 1.165) is 13.0 Å². The minimum absolute atomic E-state index is 0.0824. The molecule has 2 saturated heterocycles. The molecule has 22 heavy (non-hydrogen) atoms. The van der Waals surface area contributed by atoms with E-state index in [1.165, 1.54) is 44.3 Å². The number of piperidine rings is 2. The summed E-state index contributed by atoms with van der Waals surface area (Å²) in [5, 5.41) is 0. The fourth-order valence-corrected chi connectivity index (χ4v) is 4.32. The molecule has 1 amide bonds. The van der Waals surface area contributed by atoms with Crippen molar-refractivity contribution in [2.24, 2.45) is 5.41 Å². The Morgan fingerprint density at radius 2 is 1.77 bits per heavy atom. The Hall–Kier alpha value is -1.35. The Morgan fingerprint density at radius 3 is 2.41 bits per heavy atom. The summed E-state index contributed by atoms with van der Waals surface area (Å²) in [5.74, 6) is 0.470. The first kappa shape index (κ1) is 14.3. The lowest BCUT2D eigenvalue weighted by Gasteiger charge is -2.49. The quantitative estimate of drug-likeness (QED) is 0.838. The van der Waals surface area contributed by atoms with Gasteiger partial charge < -0.3 is 9.80 Å². The van der Waals surface area contributed by atoms with Gasteiger partial charge in [0.1, 0.15) is 0 Å². The van der Waals surface area contributed by atoms with Crippen LogP contribution in [0.25, 0.3) is 0 Å². The van der Waals surface area contributed by atoms with Crippen LogP contribution in [0.4, 0.5) is 0 Å². The van der Waals surface area contributed by atoms with Crippen LogP contribution in [0.5, 0.6) is 0 Å². The van der Waals surface area contributed by atoms with Crippen molar-refractivity contribution in [1.82, 2.24) is 9.80 Å². The Labute approximate surface area is 133 Å². The number of amides is 1. The molecule has 1 atom stereocenters. The molecular weight excluding hydrogens is 272 g/mol. The highest BCUT2D eigenvalue weighted by molar-refractivity contribution is 5.85. The van der Waals surface area contributed by atoms with Gasteiger partial charge in [-0.25, -0.2) is 0 Å². The Morgan fingerprint density at radius 1 is 1.09 bits per heavy atom. The van der Waals surface area contributed by atoms with E-state index in [1.54, 1.807) is 0 Å². The number of carbonyl (C=O) groups excluding carboxylic acids is 1. The van der Waals surface area contributed by atoms with Crippen LogP contribution in [0, 0.1) is 5.41 Å². The smallest absolute Gasteiger partial charge is 0.230 e. The van der Waals surface area contributed by atoms with Gasteiger partial charge in [0.15, 0.2) is 0 Å². The van der Waals surface area contributed by atoms with Gasteiger partial charge in [0.2, 0.25) is 5.91 Å². The molecule has 118 valence electrons. The molecule has 1 spiro atoms. The fraction of sp³-hybridized carbons (Fsp3) is 0.632. The molecule has 3 heteroatoms. The van der Waals surface area contributed by atoms with Gasteiger partial charge in [-0.05, 0) is 63.2 Å². The molecule has 0 aromatic heterocycles. The van der Waals surface area contributed by atoms with E-state index >= 15 is 0 Å². The van der Waals surface area contributed by atoms with E-state index in [4.69, 9.17) is 0 Å². The molecule has 2 heterocycles. The third kappa shape index (κ3) is 2.56. The predicted molar refractivity (Wildman–Crippen MR) is 87.7 cm³/mol. The van der Waals surface area contributed by atoms with Crippen LogP contribution in [0.2, 0.25) is 0 Å². The zero-order valence-corrected chi connectivity index (χ0v) is 13.5. The summed E-state index contributed by atoms with van der Waals surface area (Å²) >= 11 is 0. The number of nitrogens with zero attached hydrogens (tertiary/aromatic N) is 2. The molecule has 0 bridgehead atoms. The van der Waals surface area contributed by atoms with Crippen LogP contribution >= 0.6 is 0 Å². The minimum atomic E-state index is 0.0824. The lowest BCUT2D eigenvalue weighted by Crippen LogP contribution is -2.54. The topological polar surface area (TPSA) is 23.6 Å². The molecule has 3 aliphatic rings. The summed E-state index contributed by atoms with van der Waals surface area (Å²) in [5.41, 5.74) is 1.57. The average molecular weight is 298 g/mol. The fourth-order valence-electron chi connectivity index (χ4n) is 4.32.